The molecule has 0 spiro atoms. The number of fused-ring (bicyclic) bond motifs is 6. The first kappa shape index (κ1) is 32.7. The Morgan fingerprint density at radius 1 is 0.351 bits per heavy atom. The summed E-state index contributed by atoms with van der Waals surface area (Å²) in [6.07, 6.45) is 0. The van der Waals surface area contributed by atoms with Crippen molar-refractivity contribution < 1.29 is 8.83 Å². The minimum absolute atomic E-state index is 0.609. The Morgan fingerprint density at radius 2 is 0.912 bits per heavy atom. The fourth-order valence-corrected chi connectivity index (χ4v) is 8.17. The van der Waals surface area contributed by atoms with Gasteiger partial charge in [-0.05, 0) is 111 Å². The molecule has 0 amide bonds. The number of anilines is 3. The van der Waals surface area contributed by atoms with Crippen molar-refractivity contribution in [2.24, 2.45) is 0 Å². The van der Waals surface area contributed by atoms with Gasteiger partial charge in [0.1, 0.15) is 16.7 Å². The van der Waals surface area contributed by atoms with Crippen molar-refractivity contribution >= 4 is 60.9 Å². The van der Waals surface area contributed by atoms with E-state index in [4.69, 9.17) is 13.8 Å². The second-order valence-corrected chi connectivity index (χ2v) is 14.3. The van der Waals surface area contributed by atoms with Crippen LogP contribution in [0, 0.1) is 0 Å². The normalized spacial score (nSPS) is 11.5. The van der Waals surface area contributed by atoms with Crippen molar-refractivity contribution in [3.8, 4) is 44.8 Å². The SMILES string of the molecule is c1ccc(-c2ccc(N(c3ccccc3)c3ccc(-c4ccc5c(c4)oc4cc(-c6cccc7nc(-c8ccccc8)oc67)c6ccccc6c45)cc3)cc2)cc1. The van der Waals surface area contributed by atoms with Gasteiger partial charge in [0.15, 0.2) is 5.58 Å². The number of nitrogens with zero attached hydrogens (tertiary/aromatic N) is 2. The highest BCUT2D eigenvalue weighted by Crippen LogP contribution is 2.43. The van der Waals surface area contributed by atoms with Gasteiger partial charge in [-0.15, -0.1) is 0 Å². The quantitative estimate of drug-likeness (QED) is 0.164. The minimum Gasteiger partial charge on any atom is -0.456 e. The fraction of sp³-hybridized carbons (Fsp3) is 0. The van der Waals surface area contributed by atoms with Gasteiger partial charge >= 0.3 is 0 Å². The number of benzene rings is 9. The average Bonchev–Trinajstić information content (AvgIpc) is 3.90. The molecule has 11 rings (SSSR count). The standard InChI is InChI=1S/C53H34N2O2/c1-4-13-35(14-5-1)36-23-28-41(29-24-36)55(40-17-8-3-9-18-40)42-30-25-37(26-31-42)39-27-32-46-49(33-39)56-50-34-47(43-19-10-11-20-44(43)51(46)50)45-21-12-22-48-52(45)57-53(54-48)38-15-6-2-7-16-38/h1-34H. The molecule has 2 heterocycles. The molecule has 0 bridgehead atoms. The van der Waals surface area contributed by atoms with E-state index in [0.717, 1.165) is 88.7 Å². The van der Waals surface area contributed by atoms with Gasteiger partial charge in [0.05, 0.1) is 0 Å². The Hall–Kier alpha value is -7.69. The van der Waals surface area contributed by atoms with E-state index in [0.29, 0.717) is 5.89 Å². The van der Waals surface area contributed by atoms with E-state index in [1.165, 1.54) is 11.1 Å². The van der Waals surface area contributed by atoms with Gasteiger partial charge in [0.25, 0.3) is 0 Å². The molecule has 2 aromatic heterocycles. The summed E-state index contributed by atoms with van der Waals surface area (Å²) in [5.41, 5.74) is 14.1. The lowest BCUT2D eigenvalue weighted by Crippen LogP contribution is -2.09. The van der Waals surface area contributed by atoms with Crippen molar-refractivity contribution in [1.82, 2.24) is 4.98 Å². The molecule has 0 saturated heterocycles. The van der Waals surface area contributed by atoms with Crippen LogP contribution < -0.4 is 4.90 Å². The second-order valence-electron chi connectivity index (χ2n) is 14.3. The summed E-state index contributed by atoms with van der Waals surface area (Å²) in [7, 11) is 0. The van der Waals surface area contributed by atoms with Crippen LogP contribution in [-0.2, 0) is 0 Å². The van der Waals surface area contributed by atoms with Crippen LogP contribution in [-0.4, -0.2) is 4.98 Å². The summed E-state index contributed by atoms with van der Waals surface area (Å²) in [5, 5.41) is 4.47. The smallest absolute Gasteiger partial charge is 0.227 e. The molecular weight excluding hydrogens is 697 g/mol. The Bertz CT molecular complexity index is 3200. The first-order valence-corrected chi connectivity index (χ1v) is 19.2. The first-order valence-electron chi connectivity index (χ1n) is 19.2. The summed E-state index contributed by atoms with van der Waals surface area (Å²) >= 11 is 0. The lowest BCUT2D eigenvalue weighted by atomic mass is 9.94. The molecule has 57 heavy (non-hydrogen) atoms. The maximum atomic E-state index is 6.74. The molecule has 0 fully saturated rings. The van der Waals surface area contributed by atoms with E-state index in [1.54, 1.807) is 0 Å². The summed E-state index contributed by atoms with van der Waals surface area (Å²) in [5.74, 6) is 0.609. The molecule has 0 radical (unpaired) electrons. The monoisotopic (exact) mass is 730 g/mol. The molecular formula is C53H34N2O2. The van der Waals surface area contributed by atoms with Crippen LogP contribution in [0.1, 0.15) is 0 Å². The predicted octanol–water partition coefficient (Wildman–Crippen LogP) is 15.0. The summed E-state index contributed by atoms with van der Waals surface area (Å²) < 4.78 is 13.2. The number of rotatable bonds is 7. The highest BCUT2D eigenvalue weighted by atomic mass is 16.3. The average molecular weight is 731 g/mol. The van der Waals surface area contributed by atoms with E-state index in [9.17, 15) is 0 Å². The molecule has 0 aliphatic heterocycles. The van der Waals surface area contributed by atoms with Crippen molar-refractivity contribution in [1.29, 1.82) is 0 Å². The third-order valence-electron chi connectivity index (χ3n) is 10.9. The molecule has 268 valence electrons. The highest BCUT2D eigenvalue weighted by molar-refractivity contribution is 6.23. The van der Waals surface area contributed by atoms with Crippen LogP contribution in [0.3, 0.4) is 0 Å². The summed E-state index contributed by atoms with van der Waals surface area (Å²) in [6.45, 7) is 0. The van der Waals surface area contributed by atoms with E-state index >= 15 is 0 Å². The van der Waals surface area contributed by atoms with Crippen molar-refractivity contribution in [3.63, 3.8) is 0 Å². The highest BCUT2D eigenvalue weighted by Gasteiger charge is 2.20. The number of para-hydroxylation sites is 2. The molecule has 0 saturated carbocycles. The zero-order valence-corrected chi connectivity index (χ0v) is 30.8. The van der Waals surface area contributed by atoms with Gasteiger partial charge in [-0.1, -0.05) is 133 Å². The number of aromatic nitrogens is 1. The maximum absolute atomic E-state index is 6.74. The number of hydrogen-bond donors (Lipinski definition) is 0. The third kappa shape index (κ3) is 5.74. The maximum Gasteiger partial charge on any atom is 0.227 e. The topological polar surface area (TPSA) is 42.4 Å². The van der Waals surface area contributed by atoms with E-state index in [1.807, 2.05) is 42.5 Å². The minimum atomic E-state index is 0.609. The molecule has 11 aromatic rings. The Morgan fingerprint density at radius 3 is 1.61 bits per heavy atom. The summed E-state index contributed by atoms with van der Waals surface area (Å²) in [4.78, 5) is 7.15. The fourth-order valence-electron chi connectivity index (χ4n) is 8.17. The molecule has 0 aliphatic carbocycles. The molecule has 0 unspecified atom stereocenters. The Kier molecular flexibility index (Phi) is 7.78. The van der Waals surface area contributed by atoms with Crippen LogP contribution in [0.4, 0.5) is 17.1 Å². The molecule has 4 heteroatoms. The van der Waals surface area contributed by atoms with Crippen LogP contribution in [0.5, 0.6) is 0 Å². The van der Waals surface area contributed by atoms with Gasteiger partial charge in [-0.2, -0.15) is 0 Å². The van der Waals surface area contributed by atoms with Crippen molar-refractivity contribution in [2.45, 2.75) is 0 Å². The summed E-state index contributed by atoms with van der Waals surface area (Å²) in [6, 6.07) is 72.1. The molecule has 0 atom stereocenters. The van der Waals surface area contributed by atoms with Gasteiger partial charge in [-0.3, -0.25) is 0 Å². The number of oxazole rings is 1. The van der Waals surface area contributed by atoms with Crippen molar-refractivity contribution in [3.05, 3.63) is 206 Å². The number of furan rings is 1. The van der Waals surface area contributed by atoms with Gasteiger partial charge in [0, 0.05) is 39.0 Å². The zero-order valence-electron chi connectivity index (χ0n) is 30.8. The van der Waals surface area contributed by atoms with Gasteiger partial charge < -0.3 is 13.7 Å². The lowest BCUT2D eigenvalue weighted by molar-refractivity contribution is 0.621. The van der Waals surface area contributed by atoms with Gasteiger partial charge in [-0.25, -0.2) is 4.98 Å². The molecule has 0 N–H and O–H groups in total. The molecule has 4 nitrogen and oxygen atoms in total. The van der Waals surface area contributed by atoms with Crippen LogP contribution in [0.25, 0.3) is 88.6 Å². The zero-order chi connectivity index (χ0) is 37.7. The lowest BCUT2D eigenvalue weighted by Gasteiger charge is -2.26. The second kappa shape index (κ2) is 13.6. The van der Waals surface area contributed by atoms with Crippen LogP contribution in [0.2, 0.25) is 0 Å². The molecule has 0 aliphatic rings. The van der Waals surface area contributed by atoms with E-state index < -0.39 is 0 Å². The Balaban J connectivity index is 0.973. The van der Waals surface area contributed by atoms with Gasteiger partial charge in [0.2, 0.25) is 5.89 Å². The predicted molar refractivity (Wildman–Crippen MR) is 235 cm³/mol. The number of hydrogen-bond acceptors (Lipinski definition) is 4. The van der Waals surface area contributed by atoms with E-state index in [-0.39, 0.29) is 0 Å². The Labute approximate surface area is 329 Å². The molecule has 9 aromatic carbocycles. The first-order chi connectivity index (χ1) is 28.2. The van der Waals surface area contributed by atoms with Crippen molar-refractivity contribution in [2.75, 3.05) is 4.90 Å². The van der Waals surface area contributed by atoms with Crippen LogP contribution >= 0.6 is 0 Å². The van der Waals surface area contributed by atoms with Crippen LogP contribution in [0.15, 0.2) is 215 Å². The van der Waals surface area contributed by atoms with E-state index in [2.05, 4.69) is 169 Å². The third-order valence-corrected chi connectivity index (χ3v) is 10.9. The largest absolute Gasteiger partial charge is 0.456 e.